The van der Waals surface area contributed by atoms with Gasteiger partial charge in [0.2, 0.25) is 5.91 Å². The summed E-state index contributed by atoms with van der Waals surface area (Å²) < 4.78 is 91.9. The number of nitrogens with zero attached hydrogens (tertiary/aromatic N) is 2. The average Bonchev–Trinajstić information content (AvgIpc) is 3.74. The van der Waals surface area contributed by atoms with E-state index >= 15 is 0 Å². The fourth-order valence-electron chi connectivity index (χ4n) is 5.47. The third-order valence-corrected chi connectivity index (χ3v) is 8.66. The van der Waals surface area contributed by atoms with E-state index in [9.17, 15) is 40.0 Å². The zero-order chi connectivity index (χ0) is 27.7. The Balaban J connectivity index is 1.42. The molecule has 0 spiro atoms. The highest BCUT2D eigenvalue weighted by Crippen LogP contribution is 2.54. The molecule has 3 fully saturated rings. The van der Waals surface area contributed by atoms with Crippen LogP contribution >= 0.6 is 0 Å². The number of aromatic nitrogens is 1. The molecule has 5 rings (SSSR count). The standard InChI is InChI=1S/C25H24F5N3O4S/c1-11-14-9-19(33(22(11)14)24(35)13-5-6-31-20(7-13)38(2,36)37)23(34)32-21(12-3-4-12)15-8-18(27)16(10-17(15)26)25(28,29)30/h5-8,10-12,14,19,21-22H,3-4,9H2,1-2H3,(H,32,34)/t11-,14+,19+,21+,22-/m0/s1. The highest BCUT2D eigenvalue weighted by molar-refractivity contribution is 7.90. The first-order valence-electron chi connectivity index (χ1n) is 12.0. The second kappa shape index (κ2) is 8.99. The molecule has 0 bridgehead atoms. The number of rotatable bonds is 6. The van der Waals surface area contributed by atoms with E-state index in [0.717, 1.165) is 12.3 Å². The fourth-order valence-corrected chi connectivity index (χ4v) is 6.06. The van der Waals surface area contributed by atoms with E-state index in [0.29, 0.717) is 25.3 Å². The molecule has 5 atom stereocenters. The first kappa shape index (κ1) is 26.5. The summed E-state index contributed by atoms with van der Waals surface area (Å²) in [5.74, 6) is -4.26. The van der Waals surface area contributed by atoms with Gasteiger partial charge >= 0.3 is 6.18 Å². The van der Waals surface area contributed by atoms with Crippen molar-refractivity contribution in [2.24, 2.45) is 17.8 Å². The van der Waals surface area contributed by atoms with E-state index < -0.39 is 57.1 Å². The zero-order valence-corrected chi connectivity index (χ0v) is 21.1. The SMILES string of the molecule is C[C@H]1[C@H]2C[C@H](C(=O)N[C@@H](c3cc(F)c(C(F)(F)F)cc3F)C3CC3)N(C(=O)c3ccnc(S(C)(=O)=O)c3)[C@@H]12. The number of hydrogen-bond acceptors (Lipinski definition) is 5. The summed E-state index contributed by atoms with van der Waals surface area (Å²) in [4.78, 5) is 32.1. The number of hydrogen-bond donors (Lipinski definition) is 1. The lowest BCUT2D eigenvalue weighted by Gasteiger charge is -2.30. The van der Waals surface area contributed by atoms with Gasteiger partial charge in [0.1, 0.15) is 17.7 Å². The number of pyridine rings is 1. The van der Waals surface area contributed by atoms with Crippen molar-refractivity contribution in [2.45, 2.75) is 55.5 Å². The van der Waals surface area contributed by atoms with Gasteiger partial charge in [-0.15, -0.1) is 0 Å². The number of carbonyl (C=O) groups is 2. The number of likely N-dealkylation sites (tertiary alicyclic amines) is 1. The van der Waals surface area contributed by atoms with Gasteiger partial charge in [-0.05, 0) is 61.3 Å². The summed E-state index contributed by atoms with van der Waals surface area (Å²) in [7, 11) is -3.69. The molecule has 1 saturated heterocycles. The molecule has 3 aliphatic rings. The molecule has 38 heavy (non-hydrogen) atoms. The van der Waals surface area contributed by atoms with Crippen molar-refractivity contribution in [1.29, 1.82) is 0 Å². The largest absolute Gasteiger partial charge is 0.419 e. The fraction of sp³-hybridized carbons (Fsp3) is 0.480. The Kier molecular flexibility index (Phi) is 6.27. The predicted octanol–water partition coefficient (Wildman–Crippen LogP) is 3.90. The third-order valence-electron chi connectivity index (χ3n) is 7.68. The van der Waals surface area contributed by atoms with Crippen LogP contribution in [0.1, 0.15) is 53.7 Å². The van der Waals surface area contributed by atoms with Gasteiger partial charge in [0.05, 0.1) is 11.6 Å². The van der Waals surface area contributed by atoms with Gasteiger partial charge in [0, 0.05) is 29.6 Å². The Morgan fingerprint density at radius 3 is 2.42 bits per heavy atom. The van der Waals surface area contributed by atoms with Crippen LogP contribution in [0.4, 0.5) is 22.0 Å². The molecule has 2 saturated carbocycles. The molecule has 13 heteroatoms. The predicted molar refractivity (Wildman–Crippen MR) is 123 cm³/mol. The normalized spacial score (nSPS) is 25.6. The van der Waals surface area contributed by atoms with Gasteiger partial charge in [-0.3, -0.25) is 9.59 Å². The Bertz CT molecular complexity index is 1430. The average molecular weight is 558 g/mol. The van der Waals surface area contributed by atoms with Crippen molar-refractivity contribution >= 4 is 21.7 Å². The minimum absolute atomic E-state index is 0.0329. The van der Waals surface area contributed by atoms with Gasteiger partial charge in [0.25, 0.3) is 5.91 Å². The van der Waals surface area contributed by atoms with Crippen LogP contribution < -0.4 is 5.32 Å². The van der Waals surface area contributed by atoms with Crippen molar-refractivity contribution < 1.29 is 40.0 Å². The maximum atomic E-state index is 14.8. The maximum Gasteiger partial charge on any atom is 0.419 e. The molecule has 2 heterocycles. The number of amides is 2. The monoisotopic (exact) mass is 557 g/mol. The number of carbonyl (C=O) groups excluding carboxylic acids is 2. The quantitative estimate of drug-likeness (QED) is 0.544. The Morgan fingerprint density at radius 2 is 1.82 bits per heavy atom. The zero-order valence-electron chi connectivity index (χ0n) is 20.3. The number of halogens is 5. The van der Waals surface area contributed by atoms with E-state index in [4.69, 9.17) is 0 Å². The van der Waals surface area contributed by atoms with Crippen LogP contribution in [0.2, 0.25) is 0 Å². The molecule has 1 aromatic carbocycles. The van der Waals surface area contributed by atoms with E-state index in [2.05, 4.69) is 10.3 Å². The van der Waals surface area contributed by atoms with E-state index in [1.165, 1.54) is 17.2 Å². The van der Waals surface area contributed by atoms with Gasteiger partial charge in [-0.25, -0.2) is 22.2 Å². The summed E-state index contributed by atoms with van der Waals surface area (Å²) in [5.41, 5.74) is -2.08. The number of fused-ring (bicyclic) bond motifs is 1. The molecular weight excluding hydrogens is 533 g/mol. The molecule has 1 aliphatic heterocycles. The summed E-state index contributed by atoms with van der Waals surface area (Å²) in [6.07, 6.45) is -1.49. The van der Waals surface area contributed by atoms with Gasteiger partial charge in [-0.2, -0.15) is 13.2 Å². The summed E-state index contributed by atoms with van der Waals surface area (Å²) >= 11 is 0. The second-order valence-electron chi connectivity index (χ2n) is 10.3. The smallest absolute Gasteiger partial charge is 0.347 e. The van der Waals surface area contributed by atoms with E-state index in [1.807, 2.05) is 6.92 Å². The van der Waals surface area contributed by atoms with Crippen LogP contribution in [-0.2, 0) is 20.8 Å². The molecule has 0 radical (unpaired) electrons. The Labute approximate surface area is 215 Å². The highest BCUT2D eigenvalue weighted by Gasteiger charge is 2.62. The van der Waals surface area contributed by atoms with Gasteiger partial charge in [0.15, 0.2) is 14.9 Å². The van der Waals surface area contributed by atoms with Crippen LogP contribution in [0.3, 0.4) is 0 Å². The molecule has 2 amide bonds. The Hall–Kier alpha value is -3.09. The number of piperidine rings is 1. The first-order chi connectivity index (χ1) is 17.7. The molecule has 7 nitrogen and oxygen atoms in total. The molecule has 2 aliphatic carbocycles. The summed E-state index contributed by atoms with van der Waals surface area (Å²) in [6, 6.07) is 0.766. The number of benzene rings is 1. The van der Waals surface area contributed by atoms with Crippen LogP contribution in [0.5, 0.6) is 0 Å². The topological polar surface area (TPSA) is 96.4 Å². The second-order valence-corrected chi connectivity index (χ2v) is 12.3. The summed E-state index contributed by atoms with van der Waals surface area (Å²) in [6.45, 7) is 1.92. The molecular formula is C25H24F5N3O4S. The lowest BCUT2D eigenvalue weighted by atomic mass is 9.98. The lowest BCUT2D eigenvalue weighted by molar-refractivity contribution is -0.140. The van der Waals surface area contributed by atoms with Crippen LogP contribution in [0.15, 0.2) is 35.5 Å². The van der Waals surface area contributed by atoms with Crippen molar-refractivity contribution in [3.8, 4) is 0 Å². The third kappa shape index (κ3) is 4.76. The maximum absolute atomic E-state index is 14.8. The minimum atomic E-state index is -5.08. The van der Waals surface area contributed by atoms with Gasteiger partial charge in [-0.1, -0.05) is 6.92 Å². The number of sulfone groups is 1. The highest BCUT2D eigenvalue weighted by atomic mass is 32.2. The Morgan fingerprint density at radius 1 is 1.13 bits per heavy atom. The molecule has 1 N–H and O–H groups in total. The number of nitrogens with one attached hydrogen (secondary N) is 1. The summed E-state index contributed by atoms with van der Waals surface area (Å²) in [5, 5.41) is 2.37. The van der Waals surface area contributed by atoms with Gasteiger partial charge < -0.3 is 10.2 Å². The van der Waals surface area contributed by atoms with Crippen molar-refractivity contribution in [3.63, 3.8) is 0 Å². The molecule has 1 aromatic heterocycles. The van der Waals surface area contributed by atoms with Crippen molar-refractivity contribution in [1.82, 2.24) is 15.2 Å². The van der Waals surface area contributed by atoms with E-state index in [1.54, 1.807) is 0 Å². The number of alkyl halides is 3. The van der Waals surface area contributed by atoms with E-state index in [-0.39, 0.29) is 46.0 Å². The molecule has 204 valence electrons. The van der Waals surface area contributed by atoms with Crippen molar-refractivity contribution in [3.05, 3.63) is 58.8 Å². The minimum Gasteiger partial charge on any atom is -0.347 e. The molecule has 2 aromatic rings. The van der Waals surface area contributed by atoms with Crippen LogP contribution in [-0.4, -0.2) is 48.5 Å². The first-order valence-corrected chi connectivity index (χ1v) is 13.9. The molecule has 0 unspecified atom stereocenters. The lowest BCUT2D eigenvalue weighted by Crippen LogP contribution is -2.49. The van der Waals surface area contributed by atoms with Crippen LogP contribution in [0, 0.1) is 29.4 Å². The van der Waals surface area contributed by atoms with Crippen LogP contribution in [0.25, 0.3) is 0 Å². The van der Waals surface area contributed by atoms with Crippen molar-refractivity contribution in [2.75, 3.05) is 6.26 Å².